The smallest absolute Gasteiger partial charge is 0.236 e. The van der Waals surface area contributed by atoms with Gasteiger partial charge < -0.3 is 4.74 Å². The van der Waals surface area contributed by atoms with Crippen LogP contribution in [0.5, 0.6) is 5.75 Å². The molecule has 7 heteroatoms. The van der Waals surface area contributed by atoms with E-state index in [2.05, 4.69) is 9.71 Å². The van der Waals surface area contributed by atoms with Crippen molar-refractivity contribution in [2.75, 3.05) is 17.1 Å². The van der Waals surface area contributed by atoms with Gasteiger partial charge in [-0.1, -0.05) is 18.2 Å². The number of sulfonamides is 1. The van der Waals surface area contributed by atoms with Gasteiger partial charge in [-0.3, -0.25) is 4.72 Å². The van der Waals surface area contributed by atoms with Gasteiger partial charge in [0.1, 0.15) is 18.1 Å². The Bertz CT molecular complexity index is 905. The summed E-state index contributed by atoms with van der Waals surface area (Å²) in [6.45, 7) is 2.02. The molecule has 1 heterocycles. The van der Waals surface area contributed by atoms with Gasteiger partial charge in [-0.25, -0.2) is 13.4 Å². The first kappa shape index (κ1) is 15.8. The van der Waals surface area contributed by atoms with Crippen molar-refractivity contribution in [2.24, 2.45) is 0 Å². The highest BCUT2D eigenvalue weighted by Gasteiger charge is 2.12. The maximum atomic E-state index is 12.1. The first-order valence-corrected chi connectivity index (χ1v) is 9.54. The van der Waals surface area contributed by atoms with Crippen molar-refractivity contribution in [3.8, 4) is 5.75 Å². The second kappa shape index (κ2) is 6.55. The van der Waals surface area contributed by atoms with Crippen molar-refractivity contribution >= 4 is 37.3 Å². The van der Waals surface area contributed by atoms with E-state index in [-0.39, 0.29) is 12.4 Å². The minimum absolute atomic E-state index is 0.0946. The molecule has 0 aliphatic carbocycles. The third-order valence-corrected chi connectivity index (χ3v) is 5.33. The third-order valence-electron chi connectivity index (χ3n) is 3.13. The summed E-state index contributed by atoms with van der Waals surface area (Å²) in [5, 5.41) is 0.955. The number of hydrogen-bond donors (Lipinski definition) is 1. The largest absolute Gasteiger partial charge is 0.492 e. The lowest BCUT2D eigenvalue weighted by molar-refractivity contribution is 0.341. The highest BCUT2D eigenvalue weighted by molar-refractivity contribution is 7.92. The number of thiazole rings is 1. The Morgan fingerprint density at radius 2 is 1.96 bits per heavy atom. The molecule has 1 aromatic heterocycles. The number of benzene rings is 2. The number of nitrogens with zero attached hydrogens (tertiary/aromatic N) is 1. The van der Waals surface area contributed by atoms with Crippen LogP contribution < -0.4 is 9.46 Å². The molecule has 0 bridgehead atoms. The van der Waals surface area contributed by atoms with Crippen molar-refractivity contribution in [2.45, 2.75) is 6.92 Å². The van der Waals surface area contributed by atoms with Crippen molar-refractivity contribution in [1.29, 1.82) is 0 Å². The summed E-state index contributed by atoms with van der Waals surface area (Å²) in [6, 6.07) is 14.5. The van der Waals surface area contributed by atoms with Crippen LogP contribution in [-0.2, 0) is 10.0 Å². The van der Waals surface area contributed by atoms with Crippen LogP contribution in [0.3, 0.4) is 0 Å². The quantitative estimate of drug-likeness (QED) is 0.741. The van der Waals surface area contributed by atoms with E-state index < -0.39 is 10.0 Å². The predicted octanol–water partition coefficient (Wildman–Crippen LogP) is 3.43. The Labute approximate surface area is 139 Å². The number of aryl methyl sites for hydroxylation is 1. The summed E-state index contributed by atoms with van der Waals surface area (Å²) in [6.07, 6.45) is 0. The summed E-state index contributed by atoms with van der Waals surface area (Å²) in [5.74, 6) is 0.540. The molecule has 0 fully saturated rings. The molecule has 0 radical (unpaired) electrons. The van der Waals surface area contributed by atoms with Gasteiger partial charge in [-0.2, -0.15) is 0 Å². The van der Waals surface area contributed by atoms with E-state index in [4.69, 9.17) is 4.74 Å². The number of rotatable bonds is 6. The normalized spacial score (nSPS) is 11.5. The van der Waals surface area contributed by atoms with Gasteiger partial charge in [0.15, 0.2) is 0 Å². The van der Waals surface area contributed by atoms with Crippen LogP contribution in [0.1, 0.15) is 5.01 Å². The molecule has 0 saturated carbocycles. The van der Waals surface area contributed by atoms with Gasteiger partial charge in [-0.05, 0) is 37.3 Å². The monoisotopic (exact) mass is 348 g/mol. The predicted molar refractivity (Wildman–Crippen MR) is 93.7 cm³/mol. The molecule has 3 rings (SSSR count). The van der Waals surface area contributed by atoms with Crippen molar-refractivity contribution in [3.63, 3.8) is 0 Å². The number of hydrogen-bond acceptors (Lipinski definition) is 5. The molecule has 1 N–H and O–H groups in total. The Morgan fingerprint density at radius 1 is 1.17 bits per heavy atom. The lowest BCUT2D eigenvalue weighted by Crippen LogP contribution is -2.21. The van der Waals surface area contributed by atoms with E-state index in [0.29, 0.717) is 11.4 Å². The van der Waals surface area contributed by atoms with Gasteiger partial charge in [0.05, 0.1) is 20.9 Å². The van der Waals surface area contributed by atoms with Crippen molar-refractivity contribution in [3.05, 3.63) is 53.5 Å². The average Bonchev–Trinajstić information content (AvgIpc) is 2.87. The number of fused-ring (bicyclic) bond motifs is 1. The fourth-order valence-electron chi connectivity index (χ4n) is 2.12. The maximum Gasteiger partial charge on any atom is 0.236 e. The Morgan fingerprint density at radius 3 is 2.74 bits per heavy atom. The summed E-state index contributed by atoms with van der Waals surface area (Å²) < 4.78 is 33.3. The zero-order valence-electron chi connectivity index (χ0n) is 12.5. The van der Waals surface area contributed by atoms with Crippen LogP contribution in [0.25, 0.3) is 10.2 Å². The molecule has 0 amide bonds. The third kappa shape index (κ3) is 4.20. The standard InChI is InChI=1S/C16H16N2O3S2/c1-12-17-15-11-13(7-8-16(15)22-12)18-23(19,20)10-9-21-14-5-3-2-4-6-14/h2-8,11,18H,9-10H2,1H3. The van der Waals surface area contributed by atoms with Crippen LogP contribution in [0.4, 0.5) is 5.69 Å². The zero-order valence-corrected chi connectivity index (χ0v) is 14.2. The average molecular weight is 348 g/mol. The van der Waals surface area contributed by atoms with Crippen LogP contribution in [-0.4, -0.2) is 25.8 Å². The topological polar surface area (TPSA) is 68.3 Å². The molecule has 0 unspecified atom stereocenters. The SMILES string of the molecule is Cc1nc2cc(NS(=O)(=O)CCOc3ccccc3)ccc2s1. The number of para-hydroxylation sites is 1. The molecule has 0 spiro atoms. The van der Waals surface area contributed by atoms with E-state index in [9.17, 15) is 8.42 Å². The van der Waals surface area contributed by atoms with E-state index in [1.54, 1.807) is 35.6 Å². The molecule has 0 saturated heterocycles. The van der Waals surface area contributed by atoms with Gasteiger partial charge in [-0.15, -0.1) is 11.3 Å². The molecular formula is C16H16N2O3S2. The maximum absolute atomic E-state index is 12.1. The minimum Gasteiger partial charge on any atom is -0.492 e. The van der Waals surface area contributed by atoms with E-state index >= 15 is 0 Å². The summed E-state index contributed by atoms with van der Waals surface area (Å²) in [7, 11) is -3.47. The molecule has 0 aliphatic heterocycles. The minimum atomic E-state index is -3.47. The van der Waals surface area contributed by atoms with Gasteiger partial charge in [0.2, 0.25) is 10.0 Å². The lowest BCUT2D eigenvalue weighted by Gasteiger charge is -2.09. The molecular weight excluding hydrogens is 332 g/mol. The summed E-state index contributed by atoms with van der Waals surface area (Å²) in [4.78, 5) is 4.36. The molecule has 23 heavy (non-hydrogen) atoms. The van der Waals surface area contributed by atoms with E-state index in [1.807, 2.05) is 31.2 Å². The first-order chi connectivity index (χ1) is 11.0. The van der Waals surface area contributed by atoms with Gasteiger partial charge in [0.25, 0.3) is 0 Å². The van der Waals surface area contributed by atoms with Gasteiger partial charge in [0, 0.05) is 0 Å². The second-order valence-corrected chi connectivity index (χ2v) is 8.07. The molecule has 120 valence electrons. The number of anilines is 1. The van der Waals surface area contributed by atoms with Gasteiger partial charge >= 0.3 is 0 Å². The van der Waals surface area contributed by atoms with E-state index in [0.717, 1.165) is 15.2 Å². The fourth-order valence-corrected chi connectivity index (χ4v) is 3.82. The molecule has 0 aliphatic rings. The number of ether oxygens (including phenoxy) is 1. The van der Waals surface area contributed by atoms with Crippen LogP contribution in [0, 0.1) is 6.92 Å². The lowest BCUT2D eigenvalue weighted by atomic mass is 10.3. The fraction of sp³-hybridized carbons (Fsp3) is 0.188. The molecule has 0 atom stereocenters. The molecule has 3 aromatic rings. The Hall–Kier alpha value is -2.12. The number of aromatic nitrogens is 1. The Kier molecular flexibility index (Phi) is 4.49. The van der Waals surface area contributed by atoms with Crippen LogP contribution >= 0.6 is 11.3 Å². The Balaban J connectivity index is 1.62. The summed E-state index contributed by atoms with van der Waals surface area (Å²) in [5.41, 5.74) is 1.32. The molecule has 5 nitrogen and oxygen atoms in total. The molecule has 2 aromatic carbocycles. The van der Waals surface area contributed by atoms with Crippen molar-refractivity contribution in [1.82, 2.24) is 4.98 Å². The van der Waals surface area contributed by atoms with E-state index in [1.165, 1.54) is 0 Å². The second-order valence-electron chi connectivity index (χ2n) is 5.00. The highest BCUT2D eigenvalue weighted by atomic mass is 32.2. The number of nitrogens with one attached hydrogen (secondary N) is 1. The highest BCUT2D eigenvalue weighted by Crippen LogP contribution is 2.24. The first-order valence-electron chi connectivity index (χ1n) is 7.07. The van der Waals surface area contributed by atoms with Crippen LogP contribution in [0.15, 0.2) is 48.5 Å². The van der Waals surface area contributed by atoms with Crippen LogP contribution in [0.2, 0.25) is 0 Å². The summed E-state index contributed by atoms with van der Waals surface area (Å²) >= 11 is 1.58. The zero-order chi connectivity index (χ0) is 16.3. The van der Waals surface area contributed by atoms with Crippen molar-refractivity contribution < 1.29 is 13.2 Å².